The predicted molar refractivity (Wildman–Crippen MR) is 46.2 cm³/mol. The van der Waals surface area contributed by atoms with Crippen molar-refractivity contribution >= 4 is 5.82 Å². The third kappa shape index (κ3) is 1.97. The molecule has 1 heterocycles. The molecule has 0 aliphatic rings. The van der Waals surface area contributed by atoms with E-state index >= 15 is 0 Å². The summed E-state index contributed by atoms with van der Waals surface area (Å²) < 4.78 is 1.90. The van der Waals surface area contributed by atoms with Gasteiger partial charge in [-0.2, -0.15) is 5.10 Å². The highest BCUT2D eigenvalue weighted by atomic mass is 15.3. The molecule has 0 saturated heterocycles. The number of nitrogen functional groups attached to an aromatic ring is 1. The average Bonchev–Trinajstić information content (AvgIpc) is 2.10. The normalized spacial score (nSPS) is 10.9. The van der Waals surface area contributed by atoms with E-state index in [1.54, 1.807) is 0 Å². The van der Waals surface area contributed by atoms with E-state index in [1.807, 2.05) is 17.8 Å². The molecule has 11 heavy (non-hydrogen) atoms. The lowest BCUT2D eigenvalue weighted by Crippen LogP contribution is -2.04. The Morgan fingerprint density at radius 1 is 1.64 bits per heavy atom. The Kier molecular flexibility index (Phi) is 2.17. The van der Waals surface area contributed by atoms with Crippen LogP contribution in [0.4, 0.5) is 5.82 Å². The van der Waals surface area contributed by atoms with Crippen LogP contribution in [0, 0.1) is 12.8 Å². The van der Waals surface area contributed by atoms with Gasteiger partial charge in [0.1, 0.15) is 5.82 Å². The van der Waals surface area contributed by atoms with Gasteiger partial charge in [-0.3, -0.25) is 4.68 Å². The van der Waals surface area contributed by atoms with E-state index in [1.165, 1.54) is 0 Å². The largest absolute Gasteiger partial charge is 0.382 e. The minimum atomic E-state index is 0.619. The molecule has 1 aromatic rings. The number of hydrogen-bond acceptors (Lipinski definition) is 2. The molecular weight excluding hydrogens is 138 g/mol. The first-order valence-corrected chi connectivity index (χ1v) is 3.89. The van der Waals surface area contributed by atoms with Gasteiger partial charge in [-0.1, -0.05) is 13.8 Å². The van der Waals surface area contributed by atoms with E-state index in [0.717, 1.165) is 12.1 Å². The zero-order valence-corrected chi connectivity index (χ0v) is 7.33. The van der Waals surface area contributed by atoms with Crippen molar-refractivity contribution in [3.8, 4) is 0 Å². The van der Waals surface area contributed by atoms with E-state index in [-0.39, 0.29) is 0 Å². The maximum absolute atomic E-state index is 5.58. The highest BCUT2D eigenvalue weighted by Crippen LogP contribution is 2.07. The Balaban J connectivity index is 2.73. The molecule has 3 nitrogen and oxygen atoms in total. The zero-order chi connectivity index (χ0) is 8.43. The summed E-state index contributed by atoms with van der Waals surface area (Å²) in [6.07, 6.45) is 1.98. The molecule has 1 rings (SSSR count). The summed E-state index contributed by atoms with van der Waals surface area (Å²) in [6, 6.07) is 0. The van der Waals surface area contributed by atoms with E-state index in [0.29, 0.717) is 11.7 Å². The molecule has 0 radical (unpaired) electrons. The molecule has 62 valence electrons. The van der Waals surface area contributed by atoms with E-state index in [2.05, 4.69) is 18.9 Å². The average molecular weight is 153 g/mol. The number of nitrogens with zero attached hydrogens (tertiary/aromatic N) is 2. The Morgan fingerprint density at radius 3 is 2.64 bits per heavy atom. The summed E-state index contributed by atoms with van der Waals surface area (Å²) >= 11 is 0. The fraction of sp³-hybridized carbons (Fsp3) is 0.625. The number of hydrogen-bond donors (Lipinski definition) is 1. The van der Waals surface area contributed by atoms with Crippen molar-refractivity contribution in [3.63, 3.8) is 0 Å². The number of aryl methyl sites for hydroxylation is 1. The van der Waals surface area contributed by atoms with Crippen molar-refractivity contribution in [3.05, 3.63) is 11.8 Å². The smallest absolute Gasteiger partial charge is 0.148 e. The van der Waals surface area contributed by atoms with Crippen molar-refractivity contribution in [2.75, 3.05) is 5.73 Å². The van der Waals surface area contributed by atoms with Gasteiger partial charge in [-0.15, -0.1) is 0 Å². The molecule has 0 bridgehead atoms. The van der Waals surface area contributed by atoms with Crippen LogP contribution < -0.4 is 5.73 Å². The molecule has 0 aliphatic heterocycles. The van der Waals surface area contributed by atoms with Crippen LogP contribution in [-0.4, -0.2) is 9.78 Å². The minimum absolute atomic E-state index is 0.619. The summed E-state index contributed by atoms with van der Waals surface area (Å²) in [7, 11) is 0. The molecule has 0 atom stereocenters. The molecule has 0 spiro atoms. The van der Waals surface area contributed by atoms with E-state index in [4.69, 9.17) is 5.73 Å². The lowest BCUT2D eigenvalue weighted by atomic mass is 10.2. The van der Waals surface area contributed by atoms with Crippen LogP contribution in [0.5, 0.6) is 0 Å². The standard InChI is InChI=1S/C8H15N3/c1-6(2)4-11-5-7(3)8(9)10-11/h5-6H,4H2,1-3H3,(H2,9,10). The van der Waals surface area contributed by atoms with Crippen molar-refractivity contribution < 1.29 is 0 Å². The van der Waals surface area contributed by atoms with E-state index < -0.39 is 0 Å². The summed E-state index contributed by atoms with van der Waals surface area (Å²) in [5.74, 6) is 1.26. The van der Waals surface area contributed by atoms with Crippen molar-refractivity contribution in [1.29, 1.82) is 0 Å². The number of anilines is 1. The third-order valence-corrected chi connectivity index (χ3v) is 1.54. The highest BCUT2D eigenvalue weighted by Gasteiger charge is 2.01. The molecular formula is C8H15N3. The second-order valence-corrected chi connectivity index (χ2v) is 3.31. The molecule has 0 saturated carbocycles. The van der Waals surface area contributed by atoms with Crippen LogP contribution in [0.1, 0.15) is 19.4 Å². The topological polar surface area (TPSA) is 43.8 Å². The number of rotatable bonds is 2. The Labute approximate surface area is 67.2 Å². The van der Waals surface area contributed by atoms with Crippen LogP contribution in [0.3, 0.4) is 0 Å². The SMILES string of the molecule is Cc1cn(CC(C)C)nc1N. The van der Waals surface area contributed by atoms with Crippen LogP contribution in [-0.2, 0) is 6.54 Å². The zero-order valence-electron chi connectivity index (χ0n) is 7.33. The first kappa shape index (κ1) is 8.11. The molecule has 2 N–H and O–H groups in total. The fourth-order valence-electron chi connectivity index (χ4n) is 1.00. The van der Waals surface area contributed by atoms with Crippen molar-refractivity contribution in [2.45, 2.75) is 27.3 Å². The molecule has 0 fully saturated rings. The van der Waals surface area contributed by atoms with Gasteiger partial charge in [0.2, 0.25) is 0 Å². The van der Waals surface area contributed by atoms with E-state index in [9.17, 15) is 0 Å². The first-order chi connectivity index (χ1) is 5.09. The van der Waals surface area contributed by atoms with Gasteiger partial charge in [0.05, 0.1) is 0 Å². The molecule has 0 aliphatic carbocycles. The third-order valence-electron chi connectivity index (χ3n) is 1.54. The van der Waals surface area contributed by atoms with Crippen molar-refractivity contribution in [1.82, 2.24) is 9.78 Å². The molecule has 3 heteroatoms. The molecule has 0 amide bonds. The van der Waals surface area contributed by atoms with Crippen LogP contribution in [0.25, 0.3) is 0 Å². The molecule has 0 aromatic carbocycles. The van der Waals surface area contributed by atoms with Crippen LogP contribution in [0.2, 0.25) is 0 Å². The Bertz CT molecular complexity index is 218. The van der Waals surface area contributed by atoms with Gasteiger partial charge >= 0.3 is 0 Å². The summed E-state index contributed by atoms with van der Waals surface area (Å²) in [5, 5.41) is 4.14. The Hall–Kier alpha value is -0.990. The summed E-state index contributed by atoms with van der Waals surface area (Å²) in [4.78, 5) is 0. The lowest BCUT2D eigenvalue weighted by Gasteiger charge is -2.02. The quantitative estimate of drug-likeness (QED) is 0.698. The number of nitrogens with two attached hydrogens (primary N) is 1. The van der Waals surface area contributed by atoms with Gasteiger partial charge in [-0.25, -0.2) is 0 Å². The highest BCUT2D eigenvalue weighted by molar-refractivity contribution is 5.35. The number of aromatic nitrogens is 2. The maximum Gasteiger partial charge on any atom is 0.148 e. The molecule has 0 unspecified atom stereocenters. The second-order valence-electron chi connectivity index (χ2n) is 3.31. The van der Waals surface area contributed by atoms with Crippen LogP contribution in [0.15, 0.2) is 6.20 Å². The van der Waals surface area contributed by atoms with Gasteiger partial charge in [-0.05, 0) is 12.8 Å². The van der Waals surface area contributed by atoms with Crippen molar-refractivity contribution in [2.24, 2.45) is 5.92 Å². The maximum atomic E-state index is 5.58. The van der Waals surface area contributed by atoms with Gasteiger partial charge < -0.3 is 5.73 Å². The van der Waals surface area contributed by atoms with Gasteiger partial charge in [0.15, 0.2) is 0 Å². The van der Waals surface area contributed by atoms with Gasteiger partial charge in [0, 0.05) is 18.3 Å². The lowest BCUT2D eigenvalue weighted by molar-refractivity contribution is 0.484. The molecule has 1 aromatic heterocycles. The minimum Gasteiger partial charge on any atom is -0.382 e. The summed E-state index contributed by atoms with van der Waals surface area (Å²) in [5.41, 5.74) is 6.65. The second kappa shape index (κ2) is 2.95. The predicted octanol–water partition coefficient (Wildman–Crippen LogP) is 1.43. The monoisotopic (exact) mass is 153 g/mol. The van der Waals surface area contributed by atoms with Gasteiger partial charge in [0.25, 0.3) is 0 Å². The first-order valence-electron chi connectivity index (χ1n) is 3.89. The Morgan fingerprint density at radius 2 is 2.27 bits per heavy atom. The summed E-state index contributed by atoms with van der Waals surface area (Å²) in [6.45, 7) is 7.23. The van der Waals surface area contributed by atoms with Crippen LogP contribution >= 0.6 is 0 Å². The fourth-order valence-corrected chi connectivity index (χ4v) is 1.00.